The van der Waals surface area contributed by atoms with Crippen molar-refractivity contribution in [1.82, 2.24) is 5.43 Å². The molecular formula is C20H25F3N2O2S. The molecule has 1 unspecified atom stereocenters. The lowest BCUT2D eigenvalue weighted by atomic mass is 9.81. The predicted octanol–water partition coefficient (Wildman–Crippen LogP) is 5.12. The summed E-state index contributed by atoms with van der Waals surface area (Å²) in [5.74, 6) is 0.105. The molecule has 4 nitrogen and oxygen atoms in total. The molecule has 0 fully saturated rings. The summed E-state index contributed by atoms with van der Waals surface area (Å²) in [5, 5.41) is 4.30. The van der Waals surface area contributed by atoms with Crippen molar-refractivity contribution in [2.24, 2.45) is 5.10 Å². The average molecular weight is 414 g/mol. The Morgan fingerprint density at radius 2 is 2.00 bits per heavy atom. The largest absolute Gasteiger partial charge is 0.462 e. The second-order valence-electron chi connectivity index (χ2n) is 6.35. The van der Waals surface area contributed by atoms with Crippen molar-refractivity contribution in [1.29, 1.82) is 0 Å². The maximum absolute atomic E-state index is 13.7. The van der Waals surface area contributed by atoms with Crippen molar-refractivity contribution in [3.8, 4) is 0 Å². The highest BCUT2D eigenvalue weighted by atomic mass is 32.2. The first kappa shape index (κ1) is 22.3. The third-order valence-corrected chi connectivity index (χ3v) is 5.24. The number of esters is 1. The minimum absolute atomic E-state index is 0.0274. The average Bonchev–Trinajstić information content (AvgIpc) is 2.66. The first-order chi connectivity index (χ1) is 13.3. The molecule has 1 aliphatic heterocycles. The van der Waals surface area contributed by atoms with Crippen LogP contribution in [0.4, 0.5) is 13.2 Å². The number of carbonyl (C=O) groups is 1. The monoisotopic (exact) mass is 414 g/mol. The van der Waals surface area contributed by atoms with Gasteiger partial charge in [0.05, 0.1) is 29.4 Å². The number of hydrogen-bond acceptors (Lipinski definition) is 5. The van der Waals surface area contributed by atoms with Gasteiger partial charge in [0.1, 0.15) is 0 Å². The van der Waals surface area contributed by atoms with Gasteiger partial charge in [-0.25, -0.2) is 4.79 Å². The fraction of sp³-hybridized carbons (Fsp3) is 0.500. The molecule has 0 amide bonds. The first-order valence-corrected chi connectivity index (χ1v) is 10.4. The molecule has 0 radical (unpaired) electrons. The van der Waals surface area contributed by atoms with Crippen molar-refractivity contribution in [2.45, 2.75) is 45.7 Å². The van der Waals surface area contributed by atoms with Crippen LogP contribution in [0.3, 0.4) is 0 Å². The van der Waals surface area contributed by atoms with Gasteiger partial charge in [-0.2, -0.15) is 30.0 Å². The van der Waals surface area contributed by atoms with Crippen LogP contribution in [0.2, 0.25) is 0 Å². The molecule has 1 heterocycles. The Bertz CT molecular complexity index is 760. The van der Waals surface area contributed by atoms with Gasteiger partial charge in [-0.3, -0.25) is 5.43 Å². The van der Waals surface area contributed by atoms with E-state index in [1.54, 1.807) is 24.8 Å². The smallest absolute Gasteiger partial charge is 0.416 e. The summed E-state index contributed by atoms with van der Waals surface area (Å²) in [7, 11) is 0. The van der Waals surface area contributed by atoms with Crippen LogP contribution >= 0.6 is 11.8 Å². The number of alkyl halides is 3. The number of hydrogen-bond donors (Lipinski definition) is 1. The van der Waals surface area contributed by atoms with E-state index in [1.165, 1.54) is 12.1 Å². The Morgan fingerprint density at radius 3 is 2.64 bits per heavy atom. The molecule has 1 aromatic rings. The summed E-state index contributed by atoms with van der Waals surface area (Å²) in [6.45, 7) is 5.72. The number of nitrogens with zero attached hydrogens (tertiary/aromatic N) is 1. The van der Waals surface area contributed by atoms with Gasteiger partial charge in [-0.1, -0.05) is 32.0 Å². The van der Waals surface area contributed by atoms with Gasteiger partial charge in [0.25, 0.3) is 0 Å². The molecule has 8 heteroatoms. The molecule has 1 aliphatic rings. The molecule has 1 atom stereocenters. The number of halogens is 3. The number of rotatable bonds is 8. The Balaban J connectivity index is 2.54. The van der Waals surface area contributed by atoms with Gasteiger partial charge < -0.3 is 4.74 Å². The number of allylic oxidation sites excluding steroid dienone is 1. The van der Waals surface area contributed by atoms with E-state index in [0.717, 1.165) is 11.8 Å². The lowest BCUT2D eigenvalue weighted by molar-refractivity contribution is -0.140. The zero-order chi connectivity index (χ0) is 20.7. The second kappa shape index (κ2) is 10.0. The van der Waals surface area contributed by atoms with E-state index in [1.807, 2.05) is 13.8 Å². The standard InChI is InChI=1S/C20H25F3N2O2S/c1-4-11-27-19(26)17-13(3)24-25-16(10-12-28-5-2)18(17)14-8-6-7-9-15(14)20(21,22)23/h6-9,18,24H,4-5,10-12H2,1-3H3. The van der Waals surface area contributed by atoms with E-state index in [4.69, 9.17) is 4.74 Å². The molecule has 0 bridgehead atoms. The number of ether oxygens (including phenoxy) is 1. The van der Waals surface area contributed by atoms with Crippen LogP contribution in [0.5, 0.6) is 0 Å². The van der Waals surface area contributed by atoms with Crippen molar-refractivity contribution in [3.63, 3.8) is 0 Å². The van der Waals surface area contributed by atoms with Gasteiger partial charge in [0.15, 0.2) is 0 Å². The molecular weight excluding hydrogens is 389 g/mol. The highest BCUT2D eigenvalue weighted by Crippen LogP contribution is 2.40. The third-order valence-electron chi connectivity index (χ3n) is 4.33. The quantitative estimate of drug-likeness (QED) is 0.474. The summed E-state index contributed by atoms with van der Waals surface area (Å²) in [5.41, 5.74) is 3.18. The van der Waals surface area contributed by atoms with Gasteiger partial charge >= 0.3 is 12.1 Å². The predicted molar refractivity (Wildman–Crippen MR) is 106 cm³/mol. The van der Waals surface area contributed by atoms with E-state index < -0.39 is 23.6 Å². The molecule has 28 heavy (non-hydrogen) atoms. The van der Waals surface area contributed by atoms with Crippen molar-refractivity contribution in [2.75, 3.05) is 18.1 Å². The number of hydrazone groups is 1. The Hall–Kier alpha value is -1.96. The van der Waals surface area contributed by atoms with Crippen LogP contribution in [-0.2, 0) is 15.7 Å². The van der Waals surface area contributed by atoms with Gasteiger partial charge in [0, 0.05) is 5.70 Å². The molecule has 0 saturated heterocycles. The van der Waals surface area contributed by atoms with Crippen LogP contribution in [0.15, 0.2) is 40.6 Å². The summed E-state index contributed by atoms with van der Waals surface area (Å²) < 4.78 is 46.3. The van der Waals surface area contributed by atoms with Gasteiger partial charge in [-0.15, -0.1) is 0 Å². The molecule has 2 rings (SSSR count). The normalized spacial score (nSPS) is 17.2. The van der Waals surface area contributed by atoms with Crippen molar-refractivity contribution in [3.05, 3.63) is 46.7 Å². The maximum atomic E-state index is 13.7. The molecule has 1 aromatic carbocycles. The Labute approximate surface area is 167 Å². The topological polar surface area (TPSA) is 50.7 Å². The van der Waals surface area contributed by atoms with E-state index in [0.29, 0.717) is 30.0 Å². The molecule has 0 aliphatic carbocycles. The highest BCUT2D eigenvalue weighted by Gasteiger charge is 2.40. The van der Waals surface area contributed by atoms with E-state index >= 15 is 0 Å². The molecule has 1 N–H and O–H groups in total. The van der Waals surface area contributed by atoms with Crippen LogP contribution in [0.25, 0.3) is 0 Å². The van der Waals surface area contributed by atoms with E-state index in [9.17, 15) is 18.0 Å². The fourth-order valence-electron chi connectivity index (χ4n) is 3.07. The molecule has 0 spiro atoms. The van der Waals surface area contributed by atoms with Crippen molar-refractivity contribution < 1.29 is 22.7 Å². The summed E-state index contributed by atoms with van der Waals surface area (Å²) in [6, 6.07) is 5.36. The minimum atomic E-state index is -4.53. The first-order valence-electron chi connectivity index (χ1n) is 9.25. The maximum Gasteiger partial charge on any atom is 0.416 e. The fourth-order valence-corrected chi connectivity index (χ4v) is 3.71. The number of benzene rings is 1. The molecule has 0 saturated carbocycles. The van der Waals surface area contributed by atoms with Crippen LogP contribution < -0.4 is 5.43 Å². The van der Waals surface area contributed by atoms with E-state index in [-0.39, 0.29) is 17.7 Å². The van der Waals surface area contributed by atoms with Crippen LogP contribution in [-0.4, -0.2) is 29.8 Å². The number of thioether (sulfide) groups is 1. The minimum Gasteiger partial charge on any atom is -0.462 e. The zero-order valence-corrected chi connectivity index (χ0v) is 17.0. The molecule has 154 valence electrons. The van der Waals surface area contributed by atoms with Gasteiger partial charge in [0.2, 0.25) is 0 Å². The number of carbonyl (C=O) groups excluding carboxylic acids is 1. The lowest BCUT2D eigenvalue weighted by Crippen LogP contribution is -2.32. The SMILES string of the molecule is CCCOC(=O)C1=C(C)NN=C(CCSCC)C1c1ccccc1C(F)(F)F. The Kier molecular flexibility index (Phi) is 7.98. The summed E-state index contributed by atoms with van der Waals surface area (Å²) >= 11 is 1.67. The number of nitrogens with one attached hydrogen (secondary N) is 1. The summed E-state index contributed by atoms with van der Waals surface area (Å²) in [6.07, 6.45) is -3.43. The zero-order valence-electron chi connectivity index (χ0n) is 16.2. The lowest BCUT2D eigenvalue weighted by Gasteiger charge is -2.29. The Morgan fingerprint density at radius 1 is 1.29 bits per heavy atom. The molecule has 0 aromatic heterocycles. The van der Waals surface area contributed by atoms with E-state index in [2.05, 4.69) is 10.5 Å². The third kappa shape index (κ3) is 5.31. The second-order valence-corrected chi connectivity index (χ2v) is 7.75. The highest BCUT2D eigenvalue weighted by molar-refractivity contribution is 7.99. The van der Waals surface area contributed by atoms with Crippen molar-refractivity contribution >= 4 is 23.4 Å². The van der Waals surface area contributed by atoms with Gasteiger partial charge in [-0.05, 0) is 42.9 Å². The van der Waals surface area contributed by atoms with Crippen LogP contribution in [0, 0.1) is 0 Å². The van der Waals surface area contributed by atoms with Crippen LogP contribution in [0.1, 0.15) is 50.7 Å². The summed E-state index contributed by atoms with van der Waals surface area (Å²) in [4.78, 5) is 12.7.